The van der Waals surface area contributed by atoms with E-state index in [1.807, 2.05) is 0 Å². The molecule has 0 aliphatic heterocycles. The molecule has 166 valence electrons. The molecule has 1 saturated carbocycles. The van der Waals surface area contributed by atoms with Gasteiger partial charge in [0, 0.05) is 23.9 Å². The fraction of sp³-hybridized carbons (Fsp3) is 0.421. The van der Waals surface area contributed by atoms with Crippen LogP contribution in [0.1, 0.15) is 24.8 Å². The second-order valence-electron chi connectivity index (χ2n) is 7.59. The largest absolute Gasteiger partial charge is 0.421 e. The van der Waals surface area contributed by atoms with Crippen LogP contribution in [0.25, 0.3) is 10.9 Å². The van der Waals surface area contributed by atoms with E-state index >= 15 is 0 Å². The highest BCUT2D eigenvalue weighted by Gasteiger charge is 2.36. The Morgan fingerprint density at radius 2 is 2.00 bits per heavy atom. The van der Waals surface area contributed by atoms with Gasteiger partial charge in [0.15, 0.2) is 0 Å². The maximum Gasteiger partial charge on any atom is 0.421 e. The second kappa shape index (κ2) is 7.98. The normalized spacial score (nSPS) is 15.1. The van der Waals surface area contributed by atoms with Crippen LogP contribution < -0.4 is 10.6 Å². The number of hydrogen-bond donors (Lipinski definition) is 2. The smallest absolute Gasteiger partial charge is 0.367 e. The van der Waals surface area contributed by atoms with E-state index in [4.69, 9.17) is 0 Å². The number of sulfone groups is 1. The molecule has 2 N–H and O–H groups in total. The molecule has 1 fully saturated rings. The van der Waals surface area contributed by atoms with E-state index in [0.29, 0.717) is 16.6 Å². The Morgan fingerprint density at radius 1 is 1.23 bits per heavy atom. The fourth-order valence-electron chi connectivity index (χ4n) is 3.27. The molecule has 31 heavy (non-hydrogen) atoms. The van der Waals surface area contributed by atoms with Gasteiger partial charge in [-0.3, -0.25) is 4.68 Å². The molecular weight excluding hydrogens is 433 g/mol. The number of aromatic nitrogens is 4. The first-order valence-electron chi connectivity index (χ1n) is 9.70. The maximum atomic E-state index is 13.4. The van der Waals surface area contributed by atoms with Crippen LogP contribution in [0.5, 0.6) is 0 Å². The molecule has 2 aromatic heterocycles. The van der Waals surface area contributed by atoms with Crippen molar-refractivity contribution in [2.45, 2.75) is 38.0 Å². The predicted molar refractivity (Wildman–Crippen MR) is 111 cm³/mol. The molecule has 1 aliphatic carbocycles. The van der Waals surface area contributed by atoms with Gasteiger partial charge in [-0.2, -0.15) is 23.3 Å². The van der Waals surface area contributed by atoms with Gasteiger partial charge >= 0.3 is 6.18 Å². The highest BCUT2D eigenvalue weighted by molar-refractivity contribution is 7.90. The molecule has 0 radical (unpaired) electrons. The van der Waals surface area contributed by atoms with Crippen LogP contribution in [-0.4, -0.2) is 46.2 Å². The summed E-state index contributed by atoms with van der Waals surface area (Å²) < 4.78 is 64.5. The van der Waals surface area contributed by atoms with Gasteiger partial charge < -0.3 is 10.6 Å². The molecule has 0 bridgehead atoms. The van der Waals surface area contributed by atoms with Gasteiger partial charge in [-0.05, 0) is 31.4 Å². The Bertz CT molecular complexity index is 1210. The summed E-state index contributed by atoms with van der Waals surface area (Å²) in [4.78, 5) is 7.92. The lowest BCUT2D eigenvalue weighted by Crippen LogP contribution is -2.29. The topological polar surface area (TPSA) is 102 Å². The van der Waals surface area contributed by atoms with Gasteiger partial charge in [0.05, 0.1) is 29.7 Å². The lowest BCUT2D eigenvalue weighted by molar-refractivity contribution is -0.137. The first kappa shape index (κ1) is 21.3. The van der Waals surface area contributed by atoms with E-state index in [9.17, 15) is 21.6 Å². The number of benzene rings is 1. The summed E-state index contributed by atoms with van der Waals surface area (Å²) in [6, 6.07) is 5.22. The number of rotatable bonds is 7. The van der Waals surface area contributed by atoms with Gasteiger partial charge in [-0.1, -0.05) is 6.07 Å². The Balaban J connectivity index is 1.62. The van der Waals surface area contributed by atoms with Crippen LogP contribution >= 0.6 is 0 Å². The third-order valence-corrected chi connectivity index (χ3v) is 6.07. The number of nitrogens with zero attached hydrogens (tertiary/aromatic N) is 4. The van der Waals surface area contributed by atoms with Crippen molar-refractivity contribution < 1.29 is 21.6 Å². The van der Waals surface area contributed by atoms with Crippen LogP contribution in [0.4, 0.5) is 30.6 Å². The van der Waals surface area contributed by atoms with Gasteiger partial charge in [0.25, 0.3) is 0 Å². The van der Waals surface area contributed by atoms with Crippen molar-refractivity contribution in [1.29, 1.82) is 0 Å². The second-order valence-corrected chi connectivity index (χ2v) is 9.85. The molecule has 0 saturated heterocycles. The van der Waals surface area contributed by atoms with E-state index in [1.165, 1.54) is 0 Å². The van der Waals surface area contributed by atoms with Crippen LogP contribution in [0.3, 0.4) is 0 Å². The lowest BCUT2D eigenvalue weighted by atomic mass is 9.93. The molecule has 8 nitrogen and oxygen atoms in total. The molecular formula is C19H21F3N6O2S. The maximum absolute atomic E-state index is 13.4. The van der Waals surface area contributed by atoms with Crippen LogP contribution in [0.2, 0.25) is 0 Å². The molecule has 0 unspecified atom stereocenters. The minimum atomic E-state index is -4.56. The van der Waals surface area contributed by atoms with Crippen LogP contribution in [0, 0.1) is 0 Å². The van der Waals surface area contributed by atoms with Crippen molar-refractivity contribution in [3.63, 3.8) is 0 Å². The van der Waals surface area contributed by atoms with Gasteiger partial charge in [0.1, 0.15) is 21.2 Å². The lowest BCUT2D eigenvalue weighted by Gasteiger charge is -2.28. The van der Waals surface area contributed by atoms with Gasteiger partial charge in [-0.25, -0.2) is 13.4 Å². The van der Waals surface area contributed by atoms with Crippen LogP contribution in [-0.2, 0) is 22.6 Å². The van der Waals surface area contributed by atoms with E-state index < -0.39 is 21.6 Å². The van der Waals surface area contributed by atoms with Crippen molar-refractivity contribution >= 4 is 38.2 Å². The third kappa shape index (κ3) is 4.89. The first-order valence-corrected chi connectivity index (χ1v) is 11.8. The van der Waals surface area contributed by atoms with Gasteiger partial charge in [-0.15, -0.1) is 0 Å². The summed E-state index contributed by atoms with van der Waals surface area (Å²) in [5, 5.41) is 10.7. The first-order chi connectivity index (χ1) is 14.6. The number of anilines is 3. The van der Waals surface area contributed by atoms with Crippen molar-refractivity contribution in [3.8, 4) is 0 Å². The van der Waals surface area contributed by atoms with E-state index in [-0.39, 0.29) is 30.1 Å². The highest BCUT2D eigenvalue weighted by atomic mass is 32.2. The predicted octanol–water partition coefficient (Wildman–Crippen LogP) is 3.60. The van der Waals surface area contributed by atoms with Crippen molar-refractivity contribution in [3.05, 3.63) is 36.2 Å². The number of halogens is 3. The van der Waals surface area contributed by atoms with Crippen molar-refractivity contribution in [2.24, 2.45) is 0 Å². The molecule has 2 heterocycles. The number of nitrogens with one attached hydrogen (secondary N) is 2. The van der Waals surface area contributed by atoms with Crippen molar-refractivity contribution in [1.82, 2.24) is 19.7 Å². The molecule has 1 aliphatic rings. The molecule has 12 heteroatoms. The summed E-state index contributed by atoms with van der Waals surface area (Å²) in [6.45, 7) is 0.192. The molecule has 0 spiro atoms. The molecule has 1 aromatic carbocycles. The van der Waals surface area contributed by atoms with Crippen LogP contribution in [0.15, 0.2) is 30.6 Å². The average molecular weight is 454 g/mol. The SMILES string of the molecule is CS(=O)(=O)CCn1ncc2c(Nc3ncc(C(F)(F)F)c(NC4CCC4)n3)cccc21. The number of alkyl halides is 3. The Morgan fingerprint density at radius 3 is 2.65 bits per heavy atom. The number of fused-ring (bicyclic) bond motifs is 1. The molecule has 4 rings (SSSR count). The van der Waals surface area contributed by atoms with Crippen molar-refractivity contribution in [2.75, 3.05) is 22.6 Å². The third-order valence-electron chi connectivity index (χ3n) is 5.15. The summed E-state index contributed by atoms with van der Waals surface area (Å²) >= 11 is 0. The molecule has 0 atom stereocenters. The van der Waals surface area contributed by atoms with Gasteiger partial charge in [0.2, 0.25) is 5.95 Å². The van der Waals surface area contributed by atoms with E-state index in [0.717, 1.165) is 31.7 Å². The number of hydrogen-bond acceptors (Lipinski definition) is 7. The molecule has 3 aromatic rings. The summed E-state index contributed by atoms with van der Waals surface area (Å²) in [5.74, 6) is -0.281. The Labute approximate surface area is 176 Å². The summed E-state index contributed by atoms with van der Waals surface area (Å²) in [5.41, 5.74) is 0.336. The minimum Gasteiger partial charge on any atom is -0.367 e. The standard InChI is InChI=1S/C19H21F3N6O2S/c1-31(29,30)9-8-28-16-7-3-6-15(13(16)10-24-28)26-18-23-11-14(19(20,21)22)17(27-18)25-12-4-2-5-12/h3,6-7,10-12H,2,4-5,8-9H2,1H3,(H2,23,25,26,27). The van der Waals surface area contributed by atoms with E-state index in [1.54, 1.807) is 29.1 Å². The zero-order chi connectivity index (χ0) is 22.2. The molecule has 0 amide bonds. The quantitative estimate of drug-likeness (QED) is 0.562. The average Bonchev–Trinajstić information content (AvgIpc) is 3.06. The Hall–Kier alpha value is -2.89. The zero-order valence-electron chi connectivity index (χ0n) is 16.6. The van der Waals surface area contributed by atoms with E-state index in [2.05, 4.69) is 25.7 Å². The Kier molecular flexibility index (Phi) is 5.50. The monoisotopic (exact) mass is 454 g/mol. The zero-order valence-corrected chi connectivity index (χ0v) is 17.5. The summed E-state index contributed by atoms with van der Waals surface area (Å²) in [6.07, 6.45) is 1.50. The fourth-order valence-corrected chi connectivity index (χ4v) is 3.77. The number of aryl methyl sites for hydroxylation is 1. The minimum absolute atomic E-state index is 0.0196. The highest BCUT2D eigenvalue weighted by Crippen LogP contribution is 2.36. The summed E-state index contributed by atoms with van der Waals surface area (Å²) in [7, 11) is -3.15.